The van der Waals surface area contributed by atoms with Gasteiger partial charge in [0.2, 0.25) is 0 Å². The monoisotopic (exact) mass is 198 g/mol. The third-order valence-corrected chi connectivity index (χ3v) is 2.97. The zero-order chi connectivity index (χ0) is 10.3. The van der Waals surface area contributed by atoms with Gasteiger partial charge >= 0.3 is 0 Å². The standard InChI is InChI=1S/C13H14N2/c1-9-8-11-7-6-10-4-2-3-5-12(10)15-13(11)14-9/h2-5,8,14-15H,6-7H2,1H3. The number of nitrogens with one attached hydrogen (secondary N) is 2. The molecule has 1 aliphatic rings. The molecule has 76 valence electrons. The lowest BCUT2D eigenvalue weighted by Crippen LogP contribution is -1.92. The molecule has 0 atom stereocenters. The molecule has 1 aromatic heterocycles. The first kappa shape index (κ1) is 8.60. The van der Waals surface area contributed by atoms with Crippen LogP contribution in [-0.4, -0.2) is 4.98 Å². The van der Waals surface area contributed by atoms with Crippen LogP contribution >= 0.6 is 0 Å². The van der Waals surface area contributed by atoms with Gasteiger partial charge in [-0.1, -0.05) is 18.2 Å². The molecule has 0 radical (unpaired) electrons. The number of para-hydroxylation sites is 1. The number of hydrogen-bond donors (Lipinski definition) is 2. The normalized spacial score (nSPS) is 13.7. The predicted octanol–water partition coefficient (Wildman–Crippen LogP) is 3.17. The Morgan fingerprint density at radius 3 is 2.80 bits per heavy atom. The van der Waals surface area contributed by atoms with Gasteiger partial charge in [-0.15, -0.1) is 0 Å². The molecule has 15 heavy (non-hydrogen) atoms. The van der Waals surface area contributed by atoms with Crippen LogP contribution in [0.5, 0.6) is 0 Å². The zero-order valence-corrected chi connectivity index (χ0v) is 8.80. The highest BCUT2D eigenvalue weighted by Gasteiger charge is 2.13. The predicted molar refractivity (Wildman–Crippen MR) is 62.7 cm³/mol. The second kappa shape index (κ2) is 3.16. The van der Waals surface area contributed by atoms with Crippen LogP contribution in [0, 0.1) is 6.92 Å². The van der Waals surface area contributed by atoms with E-state index in [0.29, 0.717) is 0 Å². The summed E-state index contributed by atoms with van der Waals surface area (Å²) in [5.74, 6) is 1.16. The third kappa shape index (κ3) is 1.42. The summed E-state index contributed by atoms with van der Waals surface area (Å²) in [6.45, 7) is 2.10. The summed E-state index contributed by atoms with van der Waals surface area (Å²) >= 11 is 0. The van der Waals surface area contributed by atoms with Gasteiger partial charge in [0.1, 0.15) is 5.82 Å². The molecular formula is C13H14N2. The van der Waals surface area contributed by atoms with Crippen molar-refractivity contribution in [1.82, 2.24) is 4.98 Å². The van der Waals surface area contributed by atoms with E-state index >= 15 is 0 Å². The van der Waals surface area contributed by atoms with Gasteiger partial charge in [-0.25, -0.2) is 0 Å². The largest absolute Gasteiger partial charge is 0.345 e. The SMILES string of the molecule is Cc1cc2c([nH]1)Nc1ccccc1CC2. The summed E-state index contributed by atoms with van der Waals surface area (Å²) in [4.78, 5) is 3.37. The Labute approximate surface area is 89.3 Å². The van der Waals surface area contributed by atoms with Crippen molar-refractivity contribution in [2.45, 2.75) is 19.8 Å². The molecule has 0 unspecified atom stereocenters. The van der Waals surface area contributed by atoms with E-state index in [2.05, 4.69) is 47.6 Å². The molecule has 2 aromatic rings. The summed E-state index contributed by atoms with van der Waals surface area (Å²) in [5.41, 5.74) is 5.26. The first-order chi connectivity index (χ1) is 7.33. The minimum Gasteiger partial charge on any atom is -0.345 e. The van der Waals surface area contributed by atoms with Gasteiger partial charge in [0.15, 0.2) is 0 Å². The number of hydrogen-bond acceptors (Lipinski definition) is 1. The summed E-state index contributed by atoms with van der Waals surface area (Å²) in [5, 5.41) is 3.47. The van der Waals surface area contributed by atoms with E-state index in [1.807, 2.05) is 0 Å². The Morgan fingerprint density at radius 2 is 1.87 bits per heavy atom. The number of rotatable bonds is 0. The minimum atomic E-state index is 1.11. The van der Waals surface area contributed by atoms with Crippen molar-refractivity contribution < 1.29 is 0 Å². The summed E-state index contributed by atoms with van der Waals surface area (Å²) < 4.78 is 0. The first-order valence-corrected chi connectivity index (χ1v) is 5.36. The smallest absolute Gasteiger partial charge is 0.111 e. The number of benzene rings is 1. The van der Waals surface area contributed by atoms with Gasteiger partial charge in [-0.05, 0) is 43.0 Å². The van der Waals surface area contributed by atoms with Crippen molar-refractivity contribution in [2.24, 2.45) is 0 Å². The molecule has 2 heterocycles. The van der Waals surface area contributed by atoms with Crippen molar-refractivity contribution >= 4 is 11.5 Å². The highest BCUT2D eigenvalue weighted by atomic mass is 15.0. The molecule has 0 amide bonds. The maximum absolute atomic E-state index is 3.47. The van der Waals surface area contributed by atoms with Crippen molar-refractivity contribution in [3.05, 3.63) is 47.2 Å². The van der Waals surface area contributed by atoms with E-state index in [4.69, 9.17) is 0 Å². The van der Waals surface area contributed by atoms with Gasteiger partial charge in [-0.2, -0.15) is 0 Å². The Morgan fingerprint density at radius 1 is 1.07 bits per heavy atom. The molecule has 0 fully saturated rings. The van der Waals surface area contributed by atoms with Crippen molar-refractivity contribution in [3.8, 4) is 0 Å². The van der Waals surface area contributed by atoms with Crippen LogP contribution in [0.4, 0.5) is 11.5 Å². The Balaban J connectivity index is 2.08. The van der Waals surface area contributed by atoms with E-state index in [1.54, 1.807) is 0 Å². The average Bonchev–Trinajstić information content (AvgIpc) is 2.49. The van der Waals surface area contributed by atoms with Crippen molar-refractivity contribution in [2.75, 3.05) is 5.32 Å². The fourth-order valence-electron chi connectivity index (χ4n) is 2.22. The first-order valence-electron chi connectivity index (χ1n) is 5.36. The molecular weight excluding hydrogens is 184 g/mol. The zero-order valence-electron chi connectivity index (χ0n) is 8.80. The third-order valence-electron chi connectivity index (χ3n) is 2.97. The molecule has 0 aliphatic carbocycles. The van der Waals surface area contributed by atoms with Crippen LogP contribution in [0.25, 0.3) is 0 Å². The summed E-state index contributed by atoms with van der Waals surface area (Å²) in [7, 11) is 0. The van der Waals surface area contributed by atoms with Crippen LogP contribution in [0.1, 0.15) is 16.8 Å². The van der Waals surface area contributed by atoms with Gasteiger partial charge in [0.25, 0.3) is 0 Å². The fraction of sp³-hybridized carbons (Fsp3) is 0.231. The number of H-pyrrole nitrogens is 1. The second-order valence-corrected chi connectivity index (χ2v) is 4.13. The van der Waals surface area contributed by atoms with E-state index in [-0.39, 0.29) is 0 Å². The van der Waals surface area contributed by atoms with Crippen LogP contribution < -0.4 is 5.32 Å². The highest BCUT2D eigenvalue weighted by molar-refractivity contribution is 5.65. The molecule has 0 saturated carbocycles. The van der Waals surface area contributed by atoms with Crippen LogP contribution in [0.2, 0.25) is 0 Å². The lowest BCUT2D eigenvalue weighted by molar-refractivity contribution is 0.980. The fourth-order valence-corrected chi connectivity index (χ4v) is 2.22. The van der Waals surface area contributed by atoms with E-state index in [0.717, 1.165) is 18.7 Å². The van der Waals surface area contributed by atoms with Gasteiger partial charge in [0.05, 0.1) is 0 Å². The summed E-state index contributed by atoms with van der Waals surface area (Å²) in [6, 6.07) is 10.7. The molecule has 0 saturated heterocycles. The lowest BCUT2D eigenvalue weighted by Gasteiger charge is -2.06. The minimum absolute atomic E-state index is 1.11. The number of aryl methyl sites for hydroxylation is 3. The summed E-state index contributed by atoms with van der Waals surface area (Å²) in [6.07, 6.45) is 2.23. The van der Waals surface area contributed by atoms with Gasteiger partial charge < -0.3 is 10.3 Å². The van der Waals surface area contributed by atoms with E-state index in [9.17, 15) is 0 Å². The molecule has 1 aromatic carbocycles. The topological polar surface area (TPSA) is 27.8 Å². The number of aromatic nitrogens is 1. The number of anilines is 2. The Bertz CT molecular complexity index is 497. The average molecular weight is 198 g/mol. The molecule has 2 nitrogen and oxygen atoms in total. The molecule has 1 aliphatic heterocycles. The molecule has 2 N–H and O–H groups in total. The van der Waals surface area contributed by atoms with Gasteiger partial charge in [-0.3, -0.25) is 0 Å². The van der Waals surface area contributed by atoms with Crippen LogP contribution in [0.3, 0.4) is 0 Å². The lowest BCUT2D eigenvalue weighted by atomic mass is 10.1. The van der Waals surface area contributed by atoms with Gasteiger partial charge in [0, 0.05) is 11.4 Å². The highest BCUT2D eigenvalue weighted by Crippen LogP contribution is 2.29. The number of fused-ring (bicyclic) bond motifs is 2. The number of aromatic amines is 1. The Hall–Kier alpha value is -1.70. The molecule has 2 heteroatoms. The Kier molecular flexibility index (Phi) is 1.81. The van der Waals surface area contributed by atoms with Crippen LogP contribution in [0.15, 0.2) is 30.3 Å². The van der Waals surface area contributed by atoms with E-state index < -0.39 is 0 Å². The van der Waals surface area contributed by atoms with E-state index in [1.165, 1.54) is 22.5 Å². The molecule has 0 spiro atoms. The maximum Gasteiger partial charge on any atom is 0.111 e. The van der Waals surface area contributed by atoms with Crippen LogP contribution in [-0.2, 0) is 12.8 Å². The maximum atomic E-state index is 3.47. The quantitative estimate of drug-likeness (QED) is 0.668. The van der Waals surface area contributed by atoms with Crippen molar-refractivity contribution in [3.63, 3.8) is 0 Å². The van der Waals surface area contributed by atoms with Crippen molar-refractivity contribution in [1.29, 1.82) is 0 Å². The second-order valence-electron chi connectivity index (χ2n) is 4.13. The molecule has 3 rings (SSSR count). The molecule has 0 bridgehead atoms.